The Morgan fingerprint density at radius 3 is 2.60 bits per heavy atom. The van der Waals surface area contributed by atoms with E-state index in [0.717, 1.165) is 30.6 Å². The van der Waals surface area contributed by atoms with Crippen LogP contribution in [0.5, 0.6) is 5.75 Å². The molecule has 20 heavy (non-hydrogen) atoms. The van der Waals surface area contributed by atoms with E-state index in [1.54, 1.807) is 19.2 Å². The van der Waals surface area contributed by atoms with Gasteiger partial charge in [0.15, 0.2) is 5.75 Å². The molecule has 1 N–H and O–H groups in total. The van der Waals surface area contributed by atoms with E-state index in [2.05, 4.69) is 21.0 Å². The molecular formula is C14H17F3N2O. The number of halogens is 3. The van der Waals surface area contributed by atoms with E-state index in [1.165, 1.54) is 6.07 Å². The Bertz CT molecular complexity index is 512. The first kappa shape index (κ1) is 14.7. The highest BCUT2D eigenvalue weighted by Crippen LogP contribution is 2.33. The van der Waals surface area contributed by atoms with Crippen LogP contribution >= 0.6 is 0 Å². The summed E-state index contributed by atoms with van der Waals surface area (Å²) in [6.45, 7) is 1.80. The van der Waals surface area contributed by atoms with Gasteiger partial charge in [0.25, 0.3) is 0 Å². The fourth-order valence-corrected chi connectivity index (χ4v) is 2.17. The van der Waals surface area contributed by atoms with Gasteiger partial charge in [-0.05, 0) is 36.7 Å². The second-order valence-electron chi connectivity index (χ2n) is 4.75. The largest absolute Gasteiger partial charge is 0.573 e. The van der Waals surface area contributed by atoms with Crippen molar-refractivity contribution < 1.29 is 17.9 Å². The molecule has 2 rings (SSSR count). The molecule has 1 aliphatic rings. The van der Waals surface area contributed by atoms with Crippen LogP contribution in [0, 0.1) is 0 Å². The van der Waals surface area contributed by atoms with Gasteiger partial charge in [-0.3, -0.25) is 0 Å². The van der Waals surface area contributed by atoms with Crippen LogP contribution in [0.25, 0.3) is 5.57 Å². The topological polar surface area (TPSA) is 24.5 Å². The maximum Gasteiger partial charge on any atom is 0.573 e. The Balaban J connectivity index is 2.25. The van der Waals surface area contributed by atoms with Gasteiger partial charge in [-0.25, -0.2) is 0 Å². The first-order valence-electron chi connectivity index (χ1n) is 6.34. The molecule has 1 aliphatic heterocycles. The van der Waals surface area contributed by atoms with Gasteiger partial charge in [-0.15, -0.1) is 13.2 Å². The predicted molar refractivity (Wildman–Crippen MR) is 72.8 cm³/mol. The van der Waals surface area contributed by atoms with Crippen molar-refractivity contribution in [2.45, 2.75) is 12.8 Å². The SMILES string of the molecule is CNc1cc(C2=CCN(C)CC2)ccc1OC(F)(F)F. The van der Waals surface area contributed by atoms with Crippen LogP contribution in [0.3, 0.4) is 0 Å². The van der Waals surface area contributed by atoms with E-state index in [-0.39, 0.29) is 5.75 Å². The van der Waals surface area contributed by atoms with Crippen LogP contribution in [-0.4, -0.2) is 38.4 Å². The van der Waals surface area contributed by atoms with Crippen LogP contribution in [0.15, 0.2) is 24.3 Å². The number of ether oxygens (including phenoxy) is 1. The highest BCUT2D eigenvalue weighted by Gasteiger charge is 2.32. The number of benzene rings is 1. The maximum atomic E-state index is 12.3. The molecule has 0 fully saturated rings. The van der Waals surface area contributed by atoms with Crippen LogP contribution in [0.4, 0.5) is 18.9 Å². The lowest BCUT2D eigenvalue weighted by Gasteiger charge is -2.22. The highest BCUT2D eigenvalue weighted by atomic mass is 19.4. The van der Waals surface area contributed by atoms with E-state index in [4.69, 9.17) is 0 Å². The average Bonchev–Trinajstić information content (AvgIpc) is 2.38. The smallest absolute Gasteiger partial charge is 0.404 e. The minimum absolute atomic E-state index is 0.211. The summed E-state index contributed by atoms with van der Waals surface area (Å²) in [4.78, 5) is 2.18. The summed E-state index contributed by atoms with van der Waals surface area (Å²) in [5, 5.41) is 2.74. The molecular weight excluding hydrogens is 269 g/mol. The number of nitrogens with one attached hydrogen (secondary N) is 1. The third-order valence-corrected chi connectivity index (χ3v) is 3.26. The van der Waals surface area contributed by atoms with Gasteiger partial charge in [0.2, 0.25) is 0 Å². The monoisotopic (exact) mass is 286 g/mol. The molecule has 0 saturated carbocycles. The standard InChI is InChI=1S/C14H17F3N2O/c1-18-12-9-11(10-5-7-19(2)8-6-10)3-4-13(12)20-14(15,16)17/h3-5,9,18H,6-8H2,1-2H3. The fourth-order valence-electron chi connectivity index (χ4n) is 2.17. The molecule has 1 aromatic carbocycles. The zero-order valence-electron chi connectivity index (χ0n) is 11.4. The molecule has 0 bridgehead atoms. The Morgan fingerprint density at radius 1 is 1.30 bits per heavy atom. The molecule has 6 heteroatoms. The second kappa shape index (κ2) is 5.75. The number of hydrogen-bond donors (Lipinski definition) is 1. The second-order valence-corrected chi connectivity index (χ2v) is 4.75. The van der Waals surface area contributed by atoms with Crippen LogP contribution < -0.4 is 10.1 Å². The first-order valence-corrected chi connectivity index (χ1v) is 6.34. The van der Waals surface area contributed by atoms with Crippen molar-refractivity contribution in [2.24, 2.45) is 0 Å². The van der Waals surface area contributed by atoms with Crippen molar-refractivity contribution in [2.75, 3.05) is 32.5 Å². The Hall–Kier alpha value is -1.69. The molecule has 0 unspecified atom stereocenters. The first-order chi connectivity index (χ1) is 9.39. The highest BCUT2D eigenvalue weighted by molar-refractivity contribution is 5.72. The average molecular weight is 286 g/mol. The van der Waals surface area contributed by atoms with Crippen LogP contribution in [-0.2, 0) is 0 Å². The predicted octanol–water partition coefficient (Wildman–Crippen LogP) is 3.35. The number of likely N-dealkylation sites (N-methyl/N-ethyl adjacent to an activating group) is 1. The Labute approximate surface area is 116 Å². The third kappa shape index (κ3) is 3.66. The molecule has 3 nitrogen and oxygen atoms in total. The van der Waals surface area contributed by atoms with E-state index in [0.29, 0.717) is 5.69 Å². The summed E-state index contributed by atoms with van der Waals surface area (Å²) in [7, 11) is 3.61. The zero-order chi connectivity index (χ0) is 14.8. The van der Waals surface area contributed by atoms with Crippen molar-refractivity contribution in [3.8, 4) is 5.75 Å². The third-order valence-electron chi connectivity index (χ3n) is 3.26. The number of anilines is 1. The summed E-state index contributed by atoms with van der Waals surface area (Å²) < 4.78 is 40.9. The lowest BCUT2D eigenvalue weighted by Crippen LogP contribution is -2.23. The van der Waals surface area contributed by atoms with Gasteiger partial charge in [0.1, 0.15) is 0 Å². The van der Waals surface area contributed by atoms with Gasteiger partial charge in [-0.2, -0.15) is 0 Å². The molecule has 0 aliphatic carbocycles. The van der Waals surface area contributed by atoms with E-state index < -0.39 is 6.36 Å². The fraction of sp³-hybridized carbons (Fsp3) is 0.429. The molecule has 0 atom stereocenters. The van der Waals surface area contributed by atoms with Crippen LogP contribution in [0.1, 0.15) is 12.0 Å². The Morgan fingerprint density at radius 2 is 2.05 bits per heavy atom. The van der Waals surface area contributed by atoms with Gasteiger partial charge < -0.3 is 15.0 Å². The molecule has 0 aromatic heterocycles. The summed E-state index contributed by atoms with van der Waals surface area (Å²) in [6.07, 6.45) is -1.69. The summed E-state index contributed by atoms with van der Waals surface area (Å²) in [6, 6.07) is 4.71. The molecule has 1 heterocycles. The van der Waals surface area contributed by atoms with Gasteiger partial charge in [0.05, 0.1) is 5.69 Å². The van der Waals surface area contributed by atoms with Crippen LogP contribution in [0.2, 0.25) is 0 Å². The van der Waals surface area contributed by atoms with Crippen molar-refractivity contribution in [1.82, 2.24) is 4.90 Å². The van der Waals surface area contributed by atoms with Crippen molar-refractivity contribution in [3.63, 3.8) is 0 Å². The molecule has 0 radical (unpaired) electrons. The summed E-state index contributed by atoms with van der Waals surface area (Å²) in [5.74, 6) is -0.211. The Kier molecular flexibility index (Phi) is 4.23. The maximum absolute atomic E-state index is 12.3. The van der Waals surface area contributed by atoms with Crippen molar-refractivity contribution >= 4 is 11.3 Å². The molecule has 0 amide bonds. The van der Waals surface area contributed by atoms with E-state index >= 15 is 0 Å². The summed E-state index contributed by atoms with van der Waals surface area (Å²) in [5.41, 5.74) is 2.41. The molecule has 110 valence electrons. The zero-order valence-corrected chi connectivity index (χ0v) is 11.4. The van der Waals surface area contributed by atoms with Crippen molar-refractivity contribution in [1.29, 1.82) is 0 Å². The minimum Gasteiger partial charge on any atom is -0.404 e. The molecule has 0 saturated heterocycles. The van der Waals surface area contributed by atoms with Crippen molar-refractivity contribution in [3.05, 3.63) is 29.8 Å². The van der Waals surface area contributed by atoms with E-state index in [9.17, 15) is 13.2 Å². The van der Waals surface area contributed by atoms with Gasteiger partial charge >= 0.3 is 6.36 Å². The summed E-state index contributed by atoms with van der Waals surface area (Å²) >= 11 is 0. The number of alkyl halides is 3. The normalized spacial score (nSPS) is 16.8. The number of hydrogen-bond acceptors (Lipinski definition) is 3. The molecule has 0 spiro atoms. The number of nitrogens with zero attached hydrogens (tertiary/aromatic N) is 1. The van der Waals surface area contributed by atoms with Gasteiger partial charge in [-0.1, -0.05) is 12.1 Å². The lowest BCUT2D eigenvalue weighted by molar-refractivity contribution is -0.274. The molecule has 1 aromatic rings. The lowest BCUT2D eigenvalue weighted by atomic mass is 9.99. The quantitative estimate of drug-likeness (QED) is 0.922. The van der Waals surface area contributed by atoms with Gasteiger partial charge in [0, 0.05) is 20.1 Å². The minimum atomic E-state index is -4.68. The van der Waals surface area contributed by atoms with E-state index in [1.807, 2.05) is 7.05 Å². The number of rotatable bonds is 3.